The van der Waals surface area contributed by atoms with Gasteiger partial charge in [0.25, 0.3) is 0 Å². The highest BCUT2D eigenvalue weighted by atomic mass is 32.1. The van der Waals surface area contributed by atoms with E-state index in [9.17, 15) is 0 Å². The van der Waals surface area contributed by atoms with E-state index in [0.717, 1.165) is 30.2 Å². The van der Waals surface area contributed by atoms with Gasteiger partial charge in [-0.05, 0) is 20.3 Å². The zero-order valence-electron chi connectivity index (χ0n) is 9.27. The molecule has 3 unspecified atom stereocenters. The third-order valence-electron chi connectivity index (χ3n) is 2.91. The number of nitrogens with two attached hydrogens (primary N) is 1. The number of thiazole rings is 1. The quantitative estimate of drug-likeness (QED) is 0.854. The number of hydrogen-bond donors (Lipinski definition) is 1. The van der Waals surface area contributed by atoms with Gasteiger partial charge in [-0.15, -0.1) is 11.3 Å². The predicted molar refractivity (Wildman–Crippen MR) is 62.1 cm³/mol. The zero-order valence-corrected chi connectivity index (χ0v) is 10.1. The van der Waals surface area contributed by atoms with Crippen LogP contribution in [0.15, 0.2) is 5.38 Å². The lowest BCUT2D eigenvalue weighted by atomic mass is 9.95. The van der Waals surface area contributed by atoms with Crippen molar-refractivity contribution >= 4 is 11.3 Å². The van der Waals surface area contributed by atoms with E-state index >= 15 is 0 Å². The molecule has 0 aliphatic carbocycles. The second-order valence-electron chi connectivity index (χ2n) is 4.39. The smallest absolute Gasteiger partial charge is 0.0943 e. The Kier molecular flexibility index (Phi) is 3.38. The summed E-state index contributed by atoms with van der Waals surface area (Å²) < 4.78 is 5.53. The van der Waals surface area contributed by atoms with E-state index in [0.29, 0.717) is 12.0 Å². The molecule has 0 spiro atoms. The van der Waals surface area contributed by atoms with Crippen LogP contribution in [-0.2, 0) is 11.2 Å². The largest absolute Gasteiger partial charge is 0.378 e. The van der Waals surface area contributed by atoms with Gasteiger partial charge in [-0.2, -0.15) is 0 Å². The van der Waals surface area contributed by atoms with Gasteiger partial charge in [0, 0.05) is 29.5 Å². The minimum absolute atomic E-state index is 0.195. The summed E-state index contributed by atoms with van der Waals surface area (Å²) in [5.74, 6) is 0.504. The lowest BCUT2D eigenvalue weighted by Crippen LogP contribution is -2.32. The van der Waals surface area contributed by atoms with Crippen LogP contribution in [0.1, 0.15) is 24.0 Å². The van der Waals surface area contributed by atoms with Gasteiger partial charge in [-0.3, -0.25) is 0 Å². The average Bonchev–Trinajstić information content (AvgIpc) is 2.75. The van der Waals surface area contributed by atoms with Crippen molar-refractivity contribution in [2.24, 2.45) is 11.7 Å². The van der Waals surface area contributed by atoms with Gasteiger partial charge in [0.05, 0.1) is 17.7 Å². The molecular formula is C11H18N2OS. The first-order chi connectivity index (χ1) is 7.15. The van der Waals surface area contributed by atoms with Gasteiger partial charge in [0.1, 0.15) is 0 Å². The number of ether oxygens (including phenoxy) is 1. The van der Waals surface area contributed by atoms with Crippen molar-refractivity contribution in [2.75, 3.05) is 6.61 Å². The summed E-state index contributed by atoms with van der Waals surface area (Å²) in [6.07, 6.45) is 2.35. The zero-order chi connectivity index (χ0) is 10.8. The van der Waals surface area contributed by atoms with Crippen molar-refractivity contribution in [3.8, 4) is 0 Å². The van der Waals surface area contributed by atoms with E-state index in [2.05, 4.69) is 17.3 Å². The van der Waals surface area contributed by atoms with E-state index in [-0.39, 0.29) is 6.04 Å². The lowest BCUT2D eigenvalue weighted by Gasteiger charge is -2.15. The van der Waals surface area contributed by atoms with Crippen molar-refractivity contribution in [2.45, 2.75) is 38.8 Å². The van der Waals surface area contributed by atoms with Gasteiger partial charge in [0.2, 0.25) is 0 Å². The summed E-state index contributed by atoms with van der Waals surface area (Å²) in [6.45, 7) is 4.94. The summed E-state index contributed by atoms with van der Waals surface area (Å²) in [5, 5.41) is 3.23. The molecule has 3 atom stereocenters. The van der Waals surface area contributed by atoms with Gasteiger partial charge in [-0.25, -0.2) is 4.98 Å². The Hall–Kier alpha value is -0.450. The highest BCUT2D eigenvalue weighted by Gasteiger charge is 2.27. The molecule has 1 fully saturated rings. The Morgan fingerprint density at radius 1 is 1.73 bits per heavy atom. The maximum Gasteiger partial charge on any atom is 0.0943 e. The summed E-state index contributed by atoms with van der Waals surface area (Å²) in [5.41, 5.74) is 7.26. The Balaban J connectivity index is 1.89. The Morgan fingerprint density at radius 3 is 3.07 bits per heavy atom. The molecule has 0 bridgehead atoms. The number of nitrogens with zero attached hydrogens (tertiary/aromatic N) is 1. The molecule has 3 nitrogen and oxygen atoms in total. The van der Waals surface area contributed by atoms with Gasteiger partial charge >= 0.3 is 0 Å². The highest BCUT2D eigenvalue weighted by Crippen LogP contribution is 2.23. The maximum atomic E-state index is 6.17. The van der Waals surface area contributed by atoms with E-state index in [1.807, 2.05) is 6.92 Å². The van der Waals surface area contributed by atoms with Crippen LogP contribution < -0.4 is 5.73 Å². The fourth-order valence-corrected chi connectivity index (χ4v) is 2.86. The third-order valence-corrected chi connectivity index (χ3v) is 3.90. The van der Waals surface area contributed by atoms with Gasteiger partial charge < -0.3 is 10.5 Å². The highest BCUT2D eigenvalue weighted by molar-refractivity contribution is 7.09. The summed E-state index contributed by atoms with van der Waals surface area (Å²) in [7, 11) is 0. The molecule has 1 saturated heterocycles. The average molecular weight is 226 g/mol. The Labute approximate surface area is 94.7 Å². The summed E-state index contributed by atoms with van der Waals surface area (Å²) in [6, 6.07) is 0.195. The molecule has 15 heavy (non-hydrogen) atoms. The molecule has 1 aliphatic heterocycles. The molecular weight excluding hydrogens is 208 g/mol. The fraction of sp³-hybridized carbons (Fsp3) is 0.727. The number of aromatic nitrogens is 1. The molecule has 2 heterocycles. The van der Waals surface area contributed by atoms with E-state index in [1.165, 1.54) is 0 Å². The molecule has 84 valence electrons. The van der Waals surface area contributed by atoms with Crippen LogP contribution in [0.5, 0.6) is 0 Å². The molecule has 4 heteroatoms. The van der Waals surface area contributed by atoms with Crippen molar-refractivity contribution in [1.82, 2.24) is 4.98 Å². The van der Waals surface area contributed by atoms with Crippen LogP contribution in [0.3, 0.4) is 0 Å². The molecule has 2 rings (SSSR count). The second-order valence-corrected chi connectivity index (χ2v) is 5.33. The topological polar surface area (TPSA) is 48.1 Å². The molecule has 0 saturated carbocycles. The van der Waals surface area contributed by atoms with Crippen LogP contribution in [0.25, 0.3) is 0 Å². The Bertz CT molecular complexity index is 326. The first-order valence-electron chi connectivity index (χ1n) is 5.43. The number of hydrogen-bond acceptors (Lipinski definition) is 4. The van der Waals surface area contributed by atoms with Crippen LogP contribution in [0, 0.1) is 12.8 Å². The Morgan fingerprint density at radius 2 is 2.53 bits per heavy atom. The summed E-state index contributed by atoms with van der Waals surface area (Å²) >= 11 is 1.71. The first kappa shape index (κ1) is 11.0. The molecule has 0 aromatic carbocycles. The molecule has 0 radical (unpaired) electrons. The van der Waals surface area contributed by atoms with Crippen LogP contribution >= 0.6 is 11.3 Å². The van der Waals surface area contributed by atoms with Crippen molar-refractivity contribution in [3.63, 3.8) is 0 Å². The molecule has 2 N–H and O–H groups in total. The summed E-state index contributed by atoms with van der Waals surface area (Å²) in [4.78, 5) is 4.44. The van der Waals surface area contributed by atoms with E-state index in [1.54, 1.807) is 11.3 Å². The molecule has 1 aliphatic rings. The third kappa shape index (κ3) is 2.77. The lowest BCUT2D eigenvalue weighted by molar-refractivity contribution is 0.118. The van der Waals surface area contributed by atoms with Crippen LogP contribution in [0.4, 0.5) is 0 Å². The standard InChI is InChI=1S/C11H18N2OS/c1-7-6-15-11(13-7)4-10(12)9-3-8(2)14-5-9/h6,8-10H,3-5,12H2,1-2H3. The minimum atomic E-state index is 0.195. The van der Waals surface area contributed by atoms with Crippen LogP contribution in [-0.4, -0.2) is 23.7 Å². The number of aryl methyl sites for hydroxylation is 1. The van der Waals surface area contributed by atoms with Crippen molar-refractivity contribution < 1.29 is 4.74 Å². The second kappa shape index (κ2) is 4.60. The van der Waals surface area contributed by atoms with Crippen molar-refractivity contribution in [3.05, 3.63) is 16.1 Å². The number of rotatable bonds is 3. The van der Waals surface area contributed by atoms with Gasteiger partial charge in [0.15, 0.2) is 0 Å². The van der Waals surface area contributed by atoms with E-state index < -0.39 is 0 Å². The van der Waals surface area contributed by atoms with E-state index in [4.69, 9.17) is 10.5 Å². The minimum Gasteiger partial charge on any atom is -0.378 e. The van der Waals surface area contributed by atoms with Crippen LogP contribution in [0.2, 0.25) is 0 Å². The normalized spacial score (nSPS) is 28.2. The predicted octanol–water partition coefficient (Wildman–Crippen LogP) is 1.75. The molecule has 1 aromatic heterocycles. The van der Waals surface area contributed by atoms with Crippen molar-refractivity contribution in [1.29, 1.82) is 0 Å². The molecule has 0 amide bonds. The maximum absolute atomic E-state index is 6.17. The first-order valence-corrected chi connectivity index (χ1v) is 6.31. The molecule has 1 aromatic rings. The van der Waals surface area contributed by atoms with Gasteiger partial charge in [-0.1, -0.05) is 0 Å². The fourth-order valence-electron chi connectivity index (χ4n) is 2.01. The SMILES string of the molecule is Cc1csc(CC(N)C2COC(C)C2)n1. The monoisotopic (exact) mass is 226 g/mol.